The molecule has 5 nitrogen and oxygen atoms in total. The Hall–Kier alpha value is -1.40. The van der Waals surface area contributed by atoms with Gasteiger partial charge in [-0.3, -0.25) is 10.1 Å². The fourth-order valence-electron chi connectivity index (χ4n) is 1.67. The second-order valence-electron chi connectivity index (χ2n) is 5.34. The number of hydrogen-bond donors (Lipinski definition) is 0. The number of ether oxygens (including phenoxy) is 2. The molecule has 0 N–H and O–H groups in total. The van der Waals surface area contributed by atoms with Crippen molar-refractivity contribution in [1.82, 2.24) is 0 Å². The van der Waals surface area contributed by atoms with Crippen molar-refractivity contribution in [3.05, 3.63) is 33.9 Å². The van der Waals surface area contributed by atoms with Crippen LogP contribution >= 0.6 is 0 Å². The Morgan fingerprint density at radius 3 is 2.50 bits per heavy atom. The van der Waals surface area contributed by atoms with E-state index in [-0.39, 0.29) is 17.4 Å². The quantitative estimate of drug-likeness (QED) is 0.345. The zero-order valence-electron chi connectivity index (χ0n) is 11.2. The van der Waals surface area contributed by atoms with E-state index in [0.717, 1.165) is 11.6 Å². The van der Waals surface area contributed by atoms with E-state index in [1.165, 1.54) is 13.2 Å². The van der Waals surface area contributed by atoms with Gasteiger partial charge >= 0.3 is 0 Å². The summed E-state index contributed by atoms with van der Waals surface area (Å²) in [5, 5.41) is 11.0. The molecule has 0 aliphatic carbocycles. The highest BCUT2D eigenvalue weighted by Gasteiger charge is 2.21. The molecule has 0 unspecified atom stereocenters. The minimum atomic E-state index is -1.42. The molecule has 0 amide bonds. The topological polar surface area (TPSA) is 61.6 Å². The second-order valence-corrected chi connectivity index (χ2v) is 10.8. The van der Waals surface area contributed by atoms with Crippen LogP contribution in [0, 0.1) is 10.1 Å². The first-order chi connectivity index (χ1) is 8.33. The average Bonchev–Trinajstić information content (AvgIpc) is 2.23. The van der Waals surface area contributed by atoms with Gasteiger partial charge in [-0.2, -0.15) is 0 Å². The molecule has 1 aromatic carbocycles. The first kappa shape index (κ1) is 14.7. The van der Waals surface area contributed by atoms with Crippen molar-refractivity contribution in [2.45, 2.75) is 25.7 Å². The molecule has 1 rings (SSSR count). The lowest BCUT2D eigenvalue weighted by molar-refractivity contribution is -0.385. The van der Waals surface area contributed by atoms with Crippen LogP contribution in [0.5, 0.6) is 5.75 Å². The van der Waals surface area contributed by atoms with E-state index < -0.39 is 8.07 Å². The predicted molar refractivity (Wildman–Crippen MR) is 72.7 cm³/mol. The number of hydrogen-bond acceptors (Lipinski definition) is 4. The van der Waals surface area contributed by atoms with Crippen molar-refractivity contribution in [2.75, 3.05) is 13.9 Å². The van der Waals surface area contributed by atoms with Crippen molar-refractivity contribution in [3.63, 3.8) is 0 Å². The molecule has 0 aliphatic heterocycles. The van der Waals surface area contributed by atoms with E-state index in [0.29, 0.717) is 5.75 Å². The van der Waals surface area contributed by atoms with Crippen LogP contribution in [0.25, 0.3) is 0 Å². The number of rotatable bonds is 6. The summed E-state index contributed by atoms with van der Waals surface area (Å²) in [5.74, 6) is 0.607. The first-order valence-corrected chi connectivity index (χ1v) is 9.43. The van der Waals surface area contributed by atoms with Gasteiger partial charge in [-0.25, -0.2) is 0 Å². The minimum absolute atomic E-state index is 0.143. The summed E-state index contributed by atoms with van der Waals surface area (Å²) in [6.07, 6.45) is 0. The maximum atomic E-state index is 11.0. The van der Waals surface area contributed by atoms with Crippen molar-refractivity contribution >= 4 is 13.8 Å². The summed E-state index contributed by atoms with van der Waals surface area (Å²) < 4.78 is 10.1. The third-order valence-corrected chi connectivity index (χ3v) is 3.75. The lowest BCUT2D eigenvalue weighted by Crippen LogP contribution is -2.24. The van der Waals surface area contributed by atoms with E-state index >= 15 is 0 Å². The van der Waals surface area contributed by atoms with E-state index in [1.807, 2.05) is 0 Å². The summed E-state index contributed by atoms with van der Waals surface area (Å²) >= 11 is 0. The molecule has 6 heteroatoms. The van der Waals surface area contributed by atoms with Crippen LogP contribution in [0.4, 0.5) is 5.69 Å². The van der Waals surface area contributed by atoms with Gasteiger partial charge in [0.2, 0.25) is 0 Å². The Kier molecular flexibility index (Phi) is 4.86. The third kappa shape index (κ3) is 4.46. The van der Waals surface area contributed by atoms with Crippen molar-refractivity contribution in [3.8, 4) is 5.75 Å². The lowest BCUT2D eigenvalue weighted by atomic mass is 10.2. The number of nitrogens with zero attached hydrogens (tertiary/aromatic N) is 1. The van der Waals surface area contributed by atoms with Gasteiger partial charge in [0.15, 0.2) is 6.79 Å². The molecule has 0 radical (unpaired) electrons. The van der Waals surface area contributed by atoms with Crippen LogP contribution in [0.2, 0.25) is 19.6 Å². The number of nitro benzene ring substituents is 1. The standard InChI is InChI=1S/C12H19NO4Si/c1-16-9-17-11-5-6-12(13(14)15)10(7-11)8-18(2,3)4/h5-7H,8-9H2,1-4H3. The zero-order valence-corrected chi connectivity index (χ0v) is 12.2. The summed E-state index contributed by atoms with van der Waals surface area (Å²) in [5.41, 5.74) is 0.912. The van der Waals surface area contributed by atoms with Crippen LogP contribution < -0.4 is 4.74 Å². The summed E-state index contributed by atoms with van der Waals surface area (Å²) in [6, 6.07) is 5.61. The Bertz CT molecular complexity index is 429. The fraction of sp³-hybridized carbons (Fsp3) is 0.500. The minimum Gasteiger partial charge on any atom is -0.468 e. The highest BCUT2D eigenvalue weighted by atomic mass is 28.3. The van der Waals surface area contributed by atoms with Gasteiger partial charge in [-0.1, -0.05) is 19.6 Å². The SMILES string of the molecule is COCOc1ccc([N+](=O)[O-])c(C[Si](C)(C)C)c1. The summed E-state index contributed by atoms with van der Waals surface area (Å²) in [6.45, 7) is 6.68. The Balaban J connectivity index is 3.03. The van der Waals surface area contributed by atoms with Gasteiger partial charge in [0.05, 0.1) is 4.92 Å². The van der Waals surface area contributed by atoms with Crippen LogP contribution in [-0.2, 0) is 10.8 Å². The molecule has 0 bridgehead atoms. The normalized spacial score (nSPS) is 11.3. The van der Waals surface area contributed by atoms with E-state index in [9.17, 15) is 10.1 Å². The molecular formula is C12H19NO4Si. The Morgan fingerprint density at radius 1 is 1.33 bits per heavy atom. The van der Waals surface area contributed by atoms with E-state index in [2.05, 4.69) is 19.6 Å². The van der Waals surface area contributed by atoms with Gasteiger partial charge < -0.3 is 9.47 Å². The molecule has 1 aromatic rings. The largest absolute Gasteiger partial charge is 0.468 e. The predicted octanol–water partition coefficient (Wildman–Crippen LogP) is 3.00. The summed E-state index contributed by atoms with van der Waals surface area (Å²) in [4.78, 5) is 10.7. The van der Waals surface area contributed by atoms with Crippen molar-refractivity contribution < 1.29 is 14.4 Å². The van der Waals surface area contributed by atoms with Crippen LogP contribution in [-0.4, -0.2) is 26.9 Å². The van der Waals surface area contributed by atoms with Crippen molar-refractivity contribution in [2.24, 2.45) is 0 Å². The molecule has 0 spiro atoms. The van der Waals surface area contributed by atoms with E-state index in [1.54, 1.807) is 12.1 Å². The number of methoxy groups -OCH3 is 1. The number of benzene rings is 1. The lowest BCUT2D eigenvalue weighted by Gasteiger charge is -2.16. The number of nitro groups is 1. The third-order valence-electron chi connectivity index (χ3n) is 2.31. The maximum Gasteiger partial charge on any atom is 0.272 e. The molecule has 0 saturated heterocycles. The molecule has 18 heavy (non-hydrogen) atoms. The molecule has 100 valence electrons. The maximum absolute atomic E-state index is 11.0. The van der Waals surface area contributed by atoms with Gasteiger partial charge in [0, 0.05) is 26.8 Å². The fourth-order valence-corrected chi connectivity index (χ4v) is 3.10. The summed E-state index contributed by atoms with van der Waals surface area (Å²) in [7, 11) is 0.115. The van der Waals surface area contributed by atoms with Crippen molar-refractivity contribution in [1.29, 1.82) is 0 Å². The highest BCUT2D eigenvalue weighted by Crippen LogP contribution is 2.27. The second kappa shape index (κ2) is 5.97. The van der Waals surface area contributed by atoms with Crippen LogP contribution in [0.3, 0.4) is 0 Å². The van der Waals surface area contributed by atoms with Gasteiger partial charge in [-0.15, -0.1) is 0 Å². The molecular weight excluding hydrogens is 250 g/mol. The van der Waals surface area contributed by atoms with Gasteiger partial charge in [0.25, 0.3) is 5.69 Å². The molecule has 0 fully saturated rings. The van der Waals surface area contributed by atoms with Gasteiger partial charge in [0.1, 0.15) is 5.75 Å². The molecule has 0 atom stereocenters. The molecule has 0 aliphatic rings. The van der Waals surface area contributed by atoms with Gasteiger partial charge in [-0.05, 0) is 18.2 Å². The Labute approximate surface area is 108 Å². The van der Waals surface area contributed by atoms with E-state index in [4.69, 9.17) is 9.47 Å². The van der Waals surface area contributed by atoms with Crippen LogP contribution in [0.15, 0.2) is 18.2 Å². The first-order valence-electron chi connectivity index (χ1n) is 5.72. The Morgan fingerprint density at radius 2 is 2.00 bits per heavy atom. The average molecular weight is 269 g/mol. The molecule has 0 saturated carbocycles. The zero-order chi connectivity index (χ0) is 13.8. The van der Waals surface area contributed by atoms with Crippen LogP contribution in [0.1, 0.15) is 5.56 Å². The molecule has 0 aromatic heterocycles. The monoisotopic (exact) mass is 269 g/mol. The smallest absolute Gasteiger partial charge is 0.272 e. The highest BCUT2D eigenvalue weighted by molar-refractivity contribution is 6.75. The molecule has 0 heterocycles.